The number of aromatic hydroxyl groups is 1. The Morgan fingerprint density at radius 3 is 2.79 bits per heavy atom. The summed E-state index contributed by atoms with van der Waals surface area (Å²) >= 11 is 3.42. The first-order chi connectivity index (χ1) is 11.5. The Labute approximate surface area is 146 Å². The van der Waals surface area contributed by atoms with Gasteiger partial charge in [-0.25, -0.2) is 0 Å². The maximum Gasteiger partial charge on any atom is 0.321 e. The number of aromatic nitrogens is 1. The Bertz CT molecular complexity index is 951. The fraction of sp³-hybridized carbons (Fsp3) is 0.167. The predicted molar refractivity (Wildman–Crippen MR) is 94.2 cm³/mol. The van der Waals surface area contributed by atoms with Crippen LogP contribution >= 0.6 is 15.9 Å². The molecule has 2 atom stereocenters. The van der Waals surface area contributed by atoms with Gasteiger partial charge in [0.15, 0.2) is 0 Å². The molecule has 0 saturated carbocycles. The summed E-state index contributed by atoms with van der Waals surface area (Å²) in [6.45, 7) is 0. The number of hydrogen-bond acceptors (Lipinski definition) is 3. The van der Waals surface area contributed by atoms with E-state index in [0.717, 1.165) is 26.6 Å². The molecule has 0 fully saturated rings. The highest BCUT2D eigenvalue weighted by atomic mass is 79.9. The maximum atomic E-state index is 11.6. The van der Waals surface area contributed by atoms with Crippen LogP contribution in [0, 0.1) is 0 Å². The fourth-order valence-corrected chi connectivity index (χ4v) is 3.77. The zero-order valence-electron chi connectivity index (χ0n) is 12.6. The van der Waals surface area contributed by atoms with Crippen LogP contribution in [0.25, 0.3) is 10.9 Å². The summed E-state index contributed by atoms with van der Waals surface area (Å²) in [5.41, 5.74) is 3.50. The number of carboxylic acid groups (broad SMARTS) is 1. The van der Waals surface area contributed by atoms with E-state index in [9.17, 15) is 15.0 Å². The van der Waals surface area contributed by atoms with Crippen molar-refractivity contribution < 1.29 is 15.0 Å². The SMILES string of the molecule is O=C(O)C1Cc2c([nH]c3ccccc23)C(c2cc(Br)ccc2O)N1. The lowest BCUT2D eigenvalue weighted by atomic mass is 9.90. The number of hydrogen-bond donors (Lipinski definition) is 4. The van der Waals surface area contributed by atoms with Gasteiger partial charge in [0.2, 0.25) is 0 Å². The smallest absolute Gasteiger partial charge is 0.321 e. The number of H-pyrrole nitrogens is 1. The molecule has 0 saturated heterocycles. The van der Waals surface area contributed by atoms with E-state index in [0.29, 0.717) is 12.0 Å². The van der Waals surface area contributed by atoms with Crippen molar-refractivity contribution in [2.45, 2.75) is 18.5 Å². The Balaban J connectivity index is 1.94. The standard InChI is InChI=1S/C18H15BrN2O3/c19-9-5-6-15(22)12(7-9)17-16-11(8-14(21-17)18(23)24)10-3-1-2-4-13(10)20-16/h1-7,14,17,20-22H,8H2,(H,23,24). The minimum atomic E-state index is -0.898. The van der Waals surface area contributed by atoms with Gasteiger partial charge in [-0.05, 0) is 29.8 Å². The number of aliphatic carboxylic acids is 1. The second kappa shape index (κ2) is 5.65. The summed E-state index contributed by atoms with van der Waals surface area (Å²) in [4.78, 5) is 15.0. The van der Waals surface area contributed by atoms with Crippen LogP contribution in [0.5, 0.6) is 5.75 Å². The fourth-order valence-electron chi connectivity index (χ4n) is 3.40. The van der Waals surface area contributed by atoms with E-state index in [1.165, 1.54) is 0 Å². The Morgan fingerprint density at radius 2 is 2.00 bits per heavy atom. The van der Waals surface area contributed by atoms with Crippen LogP contribution in [-0.2, 0) is 11.2 Å². The minimum Gasteiger partial charge on any atom is -0.508 e. The second-order valence-electron chi connectivity index (χ2n) is 5.96. The number of carbonyl (C=O) groups is 1. The first-order valence-electron chi connectivity index (χ1n) is 7.61. The lowest BCUT2D eigenvalue weighted by Gasteiger charge is -2.30. The Hall–Kier alpha value is -2.31. The van der Waals surface area contributed by atoms with Gasteiger partial charge in [-0.3, -0.25) is 10.1 Å². The van der Waals surface area contributed by atoms with Crippen LogP contribution in [0.15, 0.2) is 46.9 Å². The monoisotopic (exact) mass is 386 g/mol. The molecule has 0 spiro atoms. The van der Waals surface area contributed by atoms with E-state index in [4.69, 9.17) is 0 Å². The van der Waals surface area contributed by atoms with Crippen molar-refractivity contribution in [3.8, 4) is 5.75 Å². The van der Waals surface area contributed by atoms with Gasteiger partial charge in [0.1, 0.15) is 11.8 Å². The Kier molecular flexibility index (Phi) is 3.58. The number of fused-ring (bicyclic) bond motifs is 3. The number of rotatable bonds is 2. The van der Waals surface area contributed by atoms with E-state index in [-0.39, 0.29) is 5.75 Å². The summed E-state index contributed by atoms with van der Waals surface area (Å²) in [5.74, 6) is -0.767. The first kappa shape index (κ1) is 15.2. The molecule has 0 aliphatic carbocycles. The molecule has 4 rings (SSSR count). The number of para-hydroxylation sites is 1. The minimum absolute atomic E-state index is 0.131. The summed E-state index contributed by atoms with van der Waals surface area (Å²) < 4.78 is 0.826. The molecule has 0 bridgehead atoms. The van der Waals surface area contributed by atoms with E-state index in [2.05, 4.69) is 26.2 Å². The van der Waals surface area contributed by atoms with Gasteiger partial charge in [-0.1, -0.05) is 34.1 Å². The summed E-state index contributed by atoms with van der Waals surface area (Å²) in [6.07, 6.45) is 0.403. The predicted octanol–water partition coefficient (Wildman–Crippen LogP) is 3.32. The van der Waals surface area contributed by atoms with E-state index in [1.807, 2.05) is 30.3 Å². The van der Waals surface area contributed by atoms with Crippen LogP contribution in [0.2, 0.25) is 0 Å². The zero-order valence-corrected chi connectivity index (χ0v) is 14.2. The number of phenolic OH excluding ortho intramolecular Hbond substituents is 1. The lowest BCUT2D eigenvalue weighted by Crippen LogP contribution is -2.45. The zero-order chi connectivity index (χ0) is 16.8. The molecule has 0 radical (unpaired) electrons. The van der Waals surface area contributed by atoms with Gasteiger partial charge >= 0.3 is 5.97 Å². The average molecular weight is 387 g/mol. The molecule has 122 valence electrons. The third-order valence-electron chi connectivity index (χ3n) is 4.51. The van der Waals surface area contributed by atoms with Gasteiger partial charge in [0.25, 0.3) is 0 Å². The number of phenols is 1. The number of aromatic amines is 1. The van der Waals surface area contributed by atoms with Crippen molar-refractivity contribution in [3.05, 3.63) is 63.8 Å². The molecule has 5 nitrogen and oxygen atoms in total. The highest BCUT2D eigenvalue weighted by Gasteiger charge is 2.34. The number of nitrogens with one attached hydrogen (secondary N) is 2. The number of halogens is 1. The molecule has 1 aromatic heterocycles. The number of carboxylic acids is 1. The van der Waals surface area contributed by atoms with E-state index in [1.54, 1.807) is 12.1 Å². The summed E-state index contributed by atoms with van der Waals surface area (Å²) in [7, 11) is 0. The van der Waals surface area contributed by atoms with Gasteiger partial charge in [0.05, 0.1) is 6.04 Å². The molecule has 2 unspecified atom stereocenters. The molecule has 1 aliphatic rings. The van der Waals surface area contributed by atoms with Crippen molar-refractivity contribution in [1.82, 2.24) is 10.3 Å². The maximum absolute atomic E-state index is 11.6. The van der Waals surface area contributed by atoms with Gasteiger partial charge in [0, 0.05) is 33.1 Å². The average Bonchev–Trinajstić information content (AvgIpc) is 2.95. The van der Waals surface area contributed by atoms with E-state index >= 15 is 0 Å². The van der Waals surface area contributed by atoms with Crippen LogP contribution < -0.4 is 5.32 Å². The molecule has 1 aliphatic heterocycles. The van der Waals surface area contributed by atoms with Gasteiger partial charge in [-0.15, -0.1) is 0 Å². The van der Waals surface area contributed by atoms with Crippen molar-refractivity contribution in [2.75, 3.05) is 0 Å². The van der Waals surface area contributed by atoms with Crippen LogP contribution in [-0.4, -0.2) is 27.2 Å². The summed E-state index contributed by atoms with van der Waals surface area (Å²) in [5, 5.41) is 24.0. The third-order valence-corrected chi connectivity index (χ3v) is 5.00. The van der Waals surface area contributed by atoms with Crippen molar-refractivity contribution >= 4 is 32.8 Å². The molecule has 3 aromatic rings. The number of benzene rings is 2. The van der Waals surface area contributed by atoms with Crippen LogP contribution in [0.4, 0.5) is 0 Å². The normalized spacial score (nSPS) is 20.0. The van der Waals surface area contributed by atoms with E-state index < -0.39 is 18.1 Å². The molecule has 0 amide bonds. The highest BCUT2D eigenvalue weighted by Crippen LogP contribution is 2.38. The van der Waals surface area contributed by atoms with Gasteiger partial charge in [-0.2, -0.15) is 0 Å². The van der Waals surface area contributed by atoms with Crippen LogP contribution in [0.3, 0.4) is 0 Å². The molecule has 2 heterocycles. The summed E-state index contributed by atoms with van der Waals surface area (Å²) in [6, 6.07) is 11.9. The second-order valence-corrected chi connectivity index (χ2v) is 6.88. The Morgan fingerprint density at radius 1 is 1.21 bits per heavy atom. The molecular weight excluding hydrogens is 372 g/mol. The van der Waals surface area contributed by atoms with Crippen molar-refractivity contribution in [1.29, 1.82) is 0 Å². The van der Waals surface area contributed by atoms with Crippen molar-refractivity contribution in [2.24, 2.45) is 0 Å². The van der Waals surface area contributed by atoms with Gasteiger partial charge < -0.3 is 15.2 Å². The molecule has 4 N–H and O–H groups in total. The molecule has 6 heteroatoms. The molecular formula is C18H15BrN2O3. The van der Waals surface area contributed by atoms with Crippen LogP contribution in [0.1, 0.15) is 22.9 Å². The highest BCUT2D eigenvalue weighted by molar-refractivity contribution is 9.10. The first-order valence-corrected chi connectivity index (χ1v) is 8.40. The van der Waals surface area contributed by atoms with Crippen molar-refractivity contribution in [3.63, 3.8) is 0 Å². The molecule has 24 heavy (non-hydrogen) atoms. The molecule has 2 aromatic carbocycles. The third kappa shape index (κ3) is 2.39. The topological polar surface area (TPSA) is 85.3 Å². The largest absolute Gasteiger partial charge is 0.508 e. The lowest BCUT2D eigenvalue weighted by molar-refractivity contribution is -0.139. The quantitative estimate of drug-likeness (QED) is 0.544.